The Labute approximate surface area is 162 Å². The van der Waals surface area contributed by atoms with Crippen molar-refractivity contribution in [2.75, 3.05) is 7.11 Å². The largest absolute Gasteiger partial charge is 0.481 e. The summed E-state index contributed by atoms with van der Waals surface area (Å²) in [4.78, 5) is 25.0. The fraction of sp³-hybridized carbons (Fsp3) is 0.0909. The number of methoxy groups -OCH3 is 1. The zero-order valence-corrected chi connectivity index (χ0v) is 15.3. The highest BCUT2D eigenvalue weighted by Crippen LogP contribution is 2.22. The standard InChI is InChI=1S/C22H18N4O2/c1-28-20-9-7-16(13-25-20)18-8-6-14(12-24-18)10-17-11-15-4-2-3-5-19(15)26-21(17)22(23)27/h2-9,11-13H,10H2,1H3,(H2,23,27). The molecule has 3 heterocycles. The lowest BCUT2D eigenvalue weighted by Crippen LogP contribution is -2.16. The van der Waals surface area contributed by atoms with E-state index in [-0.39, 0.29) is 0 Å². The molecule has 138 valence electrons. The Morgan fingerprint density at radius 1 is 1.04 bits per heavy atom. The number of carbonyl (C=O) groups excluding carboxylic acids is 1. The number of hydrogen-bond donors (Lipinski definition) is 1. The van der Waals surface area contributed by atoms with Gasteiger partial charge in [0.2, 0.25) is 5.88 Å². The minimum absolute atomic E-state index is 0.294. The normalized spacial score (nSPS) is 10.8. The molecule has 28 heavy (non-hydrogen) atoms. The molecule has 6 heteroatoms. The SMILES string of the molecule is COc1ccc(-c2ccc(Cc3cc4ccccc4nc3C(N)=O)cn2)cn1. The average molecular weight is 370 g/mol. The van der Waals surface area contributed by atoms with E-state index >= 15 is 0 Å². The molecule has 2 N–H and O–H groups in total. The third-order valence-corrected chi connectivity index (χ3v) is 4.50. The molecule has 0 radical (unpaired) electrons. The number of primary amides is 1. The van der Waals surface area contributed by atoms with E-state index in [4.69, 9.17) is 10.5 Å². The van der Waals surface area contributed by atoms with E-state index in [1.807, 2.05) is 48.5 Å². The molecular formula is C22H18N4O2. The van der Waals surface area contributed by atoms with Gasteiger partial charge in [0, 0.05) is 35.8 Å². The van der Waals surface area contributed by atoms with Gasteiger partial charge in [-0.1, -0.05) is 24.3 Å². The molecule has 0 saturated carbocycles. The van der Waals surface area contributed by atoms with Crippen LogP contribution in [0, 0.1) is 0 Å². The third-order valence-electron chi connectivity index (χ3n) is 4.50. The summed E-state index contributed by atoms with van der Waals surface area (Å²) >= 11 is 0. The number of nitrogens with zero attached hydrogens (tertiary/aromatic N) is 3. The van der Waals surface area contributed by atoms with Gasteiger partial charge < -0.3 is 10.5 Å². The Morgan fingerprint density at radius 2 is 1.89 bits per heavy atom. The highest BCUT2D eigenvalue weighted by molar-refractivity contribution is 5.95. The van der Waals surface area contributed by atoms with Crippen LogP contribution in [0.2, 0.25) is 0 Å². The monoisotopic (exact) mass is 370 g/mol. The summed E-state index contributed by atoms with van der Waals surface area (Å²) in [6, 6.07) is 17.2. The lowest BCUT2D eigenvalue weighted by atomic mass is 10.0. The molecule has 4 rings (SSSR count). The maximum Gasteiger partial charge on any atom is 0.267 e. The van der Waals surface area contributed by atoms with E-state index in [1.165, 1.54) is 0 Å². The van der Waals surface area contributed by atoms with Crippen LogP contribution in [0.15, 0.2) is 67.0 Å². The fourth-order valence-electron chi connectivity index (χ4n) is 3.08. The summed E-state index contributed by atoms with van der Waals surface area (Å²) in [5.41, 5.74) is 10.1. The zero-order valence-electron chi connectivity index (χ0n) is 15.3. The van der Waals surface area contributed by atoms with E-state index in [0.29, 0.717) is 18.0 Å². The Balaban J connectivity index is 1.63. The maximum absolute atomic E-state index is 11.9. The Bertz CT molecular complexity index is 1140. The Morgan fingerprint density at radius 3 is 2.57 bits per heavy atom. The molecule has 6 nitrogen and oxygen atoms in total. The molecule has 0 bridgehead atoms. The molecule has 0 aliphatic heterocycles. The maximum atomic E-state index is 11.9. The number of aromatic nitrogens is 3. The summed E-state index contributed by atoms with van der Waals surface area (Å²) in [5.74, 6) is 0.0257. The third kappa shape index (κ3) is 3.53. The molecule has 0 atom stereocenters. The van der Waals surface area contributed by atoms with Crippen molar-refractivity contribution in [3.8, 4) is 17.1 Å². The van der Waals surface area contributed by atoms with E-state index in [1.54, 1.807) is 25.6 Å². The number of amides is 1. The highest BCUT2D eigenvalue weighted by Gasteiger charge is 2.13. The number of pyridine rings is 3. The smallest absolute Gasteiger partial charge is 0.267 e. The van der Waals surface area contributed by atoms with Crippen molar-refractivity contribution in [1.82, 2.24) is 15.0 Å². The van der Waals surface area contributed by atoms with Gasteiger partial charge >= 0.3 is 0 Å². The van der Waals surface area contributed by atoms with Crippen molar-refractivity contribution >= 4 is 16.8 Å². The first-order chi connectivity index (χ1) is 13.6. The van der Waals surface area contributed by atoms with Crippen molar-refractivity contribution in [2.45, 2.75) is 6.42 Å². The van der Waals surface area contributed by atoms with Crippen molar-refractivity contribution in [1.29, 1.82) is 0 Å². The van der Waals surface area contributed by atoms with Crippen molar-refractivity contribution in [3.63, 3.8) is 0 Å². The van der Waals surface area contributed by atoms with Crippen LogP contribution in [0.25, 0.3) is 22.2 Å². The van der Waals surface area contributed by atoms with Gasteiger partial charge in [0.1, 0.15) is 5.69 Å². The van der Waals surface area contributed by atoms with Crippen LogP contribution in [0.3, 0.4) is 0 Å². The van der Waals surface area contributed by atoms with Gasteiger partial charge in [-0.25, -0.2) is 9.97 Å². The molecule has 0 aliphatic rings. The predicted molar refractivity (Wildman–Crippen MR) is 107 cm³/mol. The lowest BCUT2D eigenvalue weighted by molar-refractivity contribution is 0.0995. The second-order valence-corrected chi connectivity index (χ2v) is 6.37. The predicted octanol–water partition coefficient (Wildman–Crippen LogP) is 3.39. The van der Waals surface area contributed by atoms with Crippen LogP contribution < -0.4 is 10.5 Å². The number of rotatable bonds is 5. The van der Waals surface area contributed by atoms with E-state index in [9.17, 15) is 4.79 Å². The van der Waals surface area contributed by atoms with Crippen LogP contribution in [0.5, 0.6) is 5.88 Å². The van der Waals surface area contributed by atoms with Gasteiger partial charge in [-0.15, -0.1) is 0 Å². The second kappa shape index (κ2) is 7.44. The highest BCUT2D eigenvalue weighted by atomic mass is 16.5. The molecule has 1 amide bonds. The van der Waals surface area contributed by atoms with E-state index in [0.717, 1.165) is 33.3 Å². The lowest BCUT2D eigenvalue weighted by Gasteiger charge is -2.09. The molecule has 4 aromatic rings. The van der Waals surface area contributed by atoms with Gasteiger partial charge in [0.15, 0.2) is 0 Å². The Kier molecular flexibility index (Phi) is 4.68. The first-order valence-corrected chi connectivity index (χ1v) is 8.78. The molecule has 0 saturated heterocycles. The number of benzene rings is 1. The molecule has 1 aromatic carbocycles. The Hall–Kier alpha value is -3.80. The average Bonchev–Trinajstić information content (AvgIpc) is 2.74. The van der Waals surface area contributed by atoms with Crippen LogP contribution in [0.1, 0.15) is 21.6 Å². The quantitative estimate of drug-likeness (QED) is 0.581. The molecule has 3 aromatic heterocycles. The molecule has 0 aliphatic carbocycles. The van der Waals surface area contributed by atoms with Crippen molar-refractivity contribution in [2.24, 2.45) is 5.73 Å². The number of para-hydroxylation sites is 1. The number of carbonyl (C=O) groups is 1. The molecular weight excluding hydrogens is 352 g/mol. The molecule has 0 fully saturated rings. The summed E-state index contributed by atoms with van der Waals surface area (Å²) < 4.78 is 5.08. The van der Waals surface area contributed by atoms with Crippen LogP contribution in [-0.4, -0.2) is 28.0 Å². The fourth-order valence-corrected chi connectivity index (χ4v) is 3.08. The summed E-state index contributed by atoms with van der Waals surface area (Å²) in [7, 11) is 1.58. The number of nitrogens with two attached hydrogens (primary N) is 1. The first kappa shape index (κ1) is 17.6. The minimum Gasteiger partial charge on any atom is -0.481 e. The van der Waals surface area contributed by atoms with Crippen LogP contribution in [-0.2, 0) is 6.42 Å². The summed E-state index contributed by atoms with van der Waals surface area (Å²) in [6.07, 6.45) is 4.03. The van der Waals surface area contributed by atoms with Gasteiger partial charge in [-0.2, -0.15) is 0 Å². The van der Waals surface area contributed by atoms with E-state index in [2.05, 4.69) is 15.0 Å². The van der Waals surface area contributed by atoms with E-state index < -0.39 is 5.91 Å². The summed E-state index contributed by atoms with van der Waals surface area (Å²) in [6.45, 7) is 0. The molecule has 0 spiro atoms. The zero-order chi connectivity index (χ0) is 19.5. The van der Waals surface area contributed by atoms with Crippen molar-refractivity contribution in [3.05, 3.63) is 83.8 Å². The van der Waals surface area contributed by atoms with Crippen LogP contribution in [0.4, 0.5) is 0 Å². The summed E-state index contributed by atoms with van der Waals surface area (Å²) in [5, 5.41) is 0.969. The number of fused-ring (bicyclic) bond motifs is 1. The number of hydrogen-bond acceptors (Lipinski definition) is 5. The topological polar surface area (TPSA) is 91.0 Å². The first-order valence-electron chi connectivity index (χ1n) is 8.78. The van der Waals surface area contributed by atoms with Gasteiger partial charge in [-0.05, 0) is 35.4 Å². The second-order valence-electron chi connectivity index (χ2n) is 6.37. The van der Waals surface area contributed by atoms with Crippen LogP contribution >= 0.6 is 0 Å². The van der Waals surface area contributed by atoms with Crippen molar-refractivity contribution < 1.29 is 9.53 Å². The van der Waals surface area contributed by atoms with Gasteiger partial charge in [0.25, 0.3) is 5.91 Å². The molecule has 0 unspecified atom stereocenters. The number of ether oxygens (including phenoxy) is 1. The van der Waals surface area contributed by atoms with Gasteiger partial charge in [0.05, 0.1) is 18.3 Å². The minimum atomic E-state index is -0.533. The van der Waals surface area contributed by atoms with Gasteiger partial charge in [-0.3, -0.25) is 9.78 Å².